The zero-order chi connectivity index (χ0) is 24.8. The molecule has 1 N–H and O–H groups in total. The van der Waals surface area contributed by atoms with Gasteiger partial charge in [0.05, 0.1) is 5.56 Å². The van der Waals surface area contributed by atoms with Gasteiger partial charge in [0.1, 0.15) is 6.61 Å². The molecule has 0 aromatic heterocycles. The number of rotatable bonds is 6. The quantitative estimate of drug-likeness (QED) is 0.440. The Hall–Kier alpha value is -2.41. The lowest BCUT2D eigenvalue weighted by Gasteiger charge is -2.39. The summed E-state index contributed by atoms with van der Waals surface area (Å²) in [6.07, 6.45) is 2.64. The molecule has 0 spiro atoms. The summed E-state index contributed by atoms with van der Waals surface area (Å²) >= 11 is 5.90. The molecular formula is C27H32ClF3N2O2. The minimum atomic E-state index is -4.32. The van der Waals surface area contributed by atoms with Gasteiger partial charge in [0, 0.05) is 29.8 Å². The van der Waals surface area contributed by atoms with Crippen LogP contribution in [0.2, 0.25) is 5.02 Å². The van der Waals surface area contributed by atoms with E-state index in [1.165, 1.54) is 0 Å². The third-order valence-corrected chi connectivity index (χ3v) is 7.46. The number of alkyl halides is 3. The Balaban J connectivity index is 1.30. The molecule has 2 aliphatic rings. The summed E-state index contributed by atoms with van der Waals surface area (Å²) < 4.78 is 44.1. The Bertz CT molecular complexity index is 966. The first-order chi connectivity index (χ1) is 16.8. The first-order valence-electron chi connectivity index (χ1n) is 12.4. The lowest BCUT2D eigenvalue weighted by Crippen LogP contribution is -2.44. The van der Waals surface area contributed by atoms with Gasteiger partial charge >= 0.3 is 12.3 Å². The fraction of sp³-hybridized carbons (Fsp3) is 0.519. The minimum Gasteiger partial charge on any atom is -0.445 e. The summed E-state index contributed by atoms with van der Waals surface area (Å²) in [4.78, 5) is 14.7. The summed E-state index contributed by atoms with van der Waals surface area (Å²) in [5, 5.41) is 3.74. The molecule has 8 heteroatoms. The molecule has 1 saturated heterocycles. The van der Waals surface area contributed by atoms with Gasteiger partial charge in [-0.25, -0.2) is 4.79 Å². The highest BCUT2D eigenvalue weighted by molar-refractivity contribution is 6.30. The molecule has 35 heavy (non-hydrogen) atoms. The summed E-state index contributed by atoms with van der Waals surface area (Å²) in [5.41, 5.74) is 1.11. The van der Waals surface area contributed by atoms with E-state index in [9.17, 15) is 18.0 Å². The maximum atomic E-state index is 12.9. The molecule has 0 bridgehead atoms. The number of carbonyl (C=O) groups excluding carboxylic acids is 1. The van der Waals surface area contributed by atoms with E-state index in [0.29, 0.717) is 16.9 Å². The third kappa shape index (κ3) is 7.29. The predicted molar refractivity (Wildman–Crippen MR) is 132 cm³/mol. The van der Waals surface area contributed by atoms with Gasteiger partial charge in [-0.1, -0.05) is 36.6 Å². The summed E-state index contributed by atoms with van der Waals surface area (Å²) in [6.45, 7) is 1.88. The van der Waals surface area contributed by atoms with Crippen LogP contribution in [-0.4, -0.2) is 25.2 Å². The molecule has 2 aromatic rings. The number of hydrogen-bond acceptors (Lipinski definition) is 3. The van der Waals surface area contributed by atoms with Crippen LogP contribution < -0.4 is 10.2 Å². The average Bonchev–Trinajstić information content (AvgIpc) is 2.85. The van der Waals surface area contributed by atoms with Crippen molar-refractivity contribution in [1.29, 1.82) is 0 Å². The number of anilines is 1. The van der Waals surface area contributed by atoms with Gasteiger partial charge in [-0.2, -0.15) is 13.2 Å². The van der Waals surface area contributed by atoms with E-state index in [1.54, 1.807) is 24.3 Å². The number of alkyl carbamates (subject to hydrolysis) is 1. The molecule has 0 unspecified atom stereocenters. The number of halogens is 4. The van der Waals surface area contributed by atoms with E-state index in [-0.39, 0.29) is 12.6 Å². The van der Waals surface area contributed by atoms with Gasteiger partial charge < -0.3 is 15.0 Å². The van der Waals surface area contributed by atoms with Crippen LogP contribution in [0.4, 0.5) is 23.7 Å². The van der Waals surface area contributed by atoms with E-state index < -0.39 is 17.8 Å². The molecule has 4 rings (SSSR count). The van der Waals surface area contributed by atoms with E-state index in [2.05, 4.69) is 10.2 Å². The number of piperidine rings is 1. The molecule has 0 radical (unpaired) electrons. The predicted octanol–water partition coefficient (Wildman–Crippen LogP) is 7.45. The van der Waals surface area contributed by atoms with E-state index in [4.69, 9.17) is 16.3 Å². The number of nitrogens with zero attached hydrogens (tertiary/aromatic N) is 1. The van der Waals surface area contributed by atoms with Crippen molar-refractivity contribution in [3.05, 3.63) is 64.7 Å². The second-order valence-corrected chi connectivity index (χ2v) is 10.2. The van der Waals surface area contributed by atoms with Crippen molar-refractivity contribution in [2.75, 3.05) is 18.0 Å². The van der Waals surface area contributed by atoms with Crippen molar-refractivity contribution in [3.63, 3.8) is 0 Å². The fourth-order valence-electron chi connectivity index (χ4n) is 5.38. The van der Waals surface area contributed by atoms with Crippen LogP contribution in [0.3, 0.4) is 0 Å². The second-order valence-electron chi connectivity index (χ2n) is 9.73. The Labute approximate surface area is 209 Å². The number of nitrogens with one attached hydrogen (secondary N) is 1. The Morgan fingerprint density at radius 3 is 2.43 bits per heavy atom. The van der Waals surface area contributed by atoms with Crippen LogP contribution in [0.15, 0.2) is 48.5 Å². The Morgan fingerprint density at radius 1 is 1.00 bits per heavy atom. The van der Waals surface area contributed by atoms with Gasteiger partial charge in [-0.15, -0.1) is 0 Å². The zero-order valence-electron chi connectivity index (χ0n) is 19.7. The summed E-state index contributed by atoms with van der Waals surface area (Å²) in [7, 11) is 0. The van der Waals surface area contributed by atoms with Crippen molar-refractivity contribution in [2.45, 2.75) is 63.8 Å². The molecule has 2 aromatic carbocycles. The second kappa shape index (κ2) is 11.5. The van der Waals surface area contributed by atoms with Crippen molar-refractivity contribution < 1.29 is 22.7 Å². The zero-order valence-corrected chi connectivity index (χ0v) is 20.5. The van der Waals surface area contributed by atoms with Gasteiger partial charge in [0.2, 0.25) is 0 Å². The van der Waals surface area contributed by atoms with Crippen LogP contribution in [0, 0.1) is 11.8 Å². The van der Waals surface area contributed by atoms with Gasteiger partial charge in [0.25, 0.3) is 0 Å². The Kier molecular flexibility index (Phi) is 8.47. The van der Waals surface area contributed by atoms with Crippen LogP contribution in [0.25, 0.3) is 0 Å². The van der Waals surface area contributed by atoms with E-state index in [0.717, 1.165) is 81.4 Å². The van der Waals surface area contributed by atoms with Crippen molar-refractivity contribution in [2.24, 2.45) is 11.8 Å². The van der Waals surface area contributed by atoms with Crippen LogP contribution in [-0.2, 0) is 17.5 Å². The number of ether oxygens (including phenoxy) is 1. The molecule has 1 amide bonds. The van der Waals surface area contributed by atoms with Gasteiger partial charge in [0.15, 0.2) is 0 Å². The van der Waals surface area contributed by atoms with Crippen molar-refractivity contribution >= 4 is 23.4 Å². The maximum absolute atomic E-state index is 12.9. The fourth-order valence-corrected chi connectivity index (χ4v) is 5.51. The molecule has 1 aliphatic carbocycles. The van der Waals surface area contributed by atoms with Crippen molar-refractivity contribution in [1.82, 2.24) is 5.32 Å². The summed E-state index contributed by atoms with van der Waals surface area (Å²) in [6, 6.07) is 12.8. The molecule has 1 saturated carbocycles. The first-order valence-corrected chi connectivity index (χ1v) is 12.8. The molecule has 4 nitrogen and oxygen atoms in total. The number of hydrogen-bond donors (Lipinski definition) is 1. The highest BCUT2D eigenvalue weighted by Gasteiger charge is 2.32. The lowest BCUT2D eigenvalue weighted by atomic mass is 9.77. The lowest BCUT2D eigenvalue weighted by molar-refractivity contribution is -0.137. The minimum absolute atomic E-state index is 0.0860. The highest BCUT2D eigenvalue weighted by atomic mass is 35.5. The average molecular weight is 509 g/mol. The molecule has 1 heterocycles. The largest absolute Gasteiger partial charge is 0.445 e. The monoisotopic (exact) mass is 508 g/mol. The standard InChI is InChI=1S/C27H32ClF3N2O2/c28-23-11-7-19(8-12-23)18-35-26(34)32-25-6-2-1-5-21(25)16-20-4-3-15-33(17-20)24-13-9-22(10-14-24)27(29,30)31/h7-14,20-21,25H,1-6,15-18H2,(H,32,34)/t20-,21+,25-/m1/s1. The SMILES string of the molecule is O=C(N[C@@H]1CCCC[C@H]1C[C@H]1CCCN(c2ccc(C(F)(F)F)cc2)C1)OCc1ccc(Cl)cc1. The van der Waals surface area contributed by atoms with Crippen LogP contribution >= 0.6 is 11.6 Å². The number of benzene rings is 2. The van der Waals surface area contributed by atoms with Gasteiger partial charge in [-0.3, -0.25) is 0 Å². The molecule has 3 atom stereocenters. The topological polar surface area (TPSA) is 41.6 Å². The third-order valence-electron chi connectivity index (χ3n) is 7.21. The smallest absolute Gasteiger partial charge is 0.416 e. The molecule has 190 valence electrons. The highest BCUT2D eigenvalue weighted by Crippen LogP contribution is 2.35. The normalized spacial score (nSPS) is 23.1. The molecular weight excluding hydrogens is 477 g/mol. The van der Waals surface area contributed by atoms with Crippen molar-refractivity contribution in [3.8, 4) is 0 Å². The first kappa shape index (κ1) is 25.7. The van der Waals surface area contributed by atoms with Crippen LogP contribution in [0.1, 0.15) is 56.1 Å². The number of amides is 1. The van der Waals surface area contributed by atoms with E-state index in [1.807, 2.05) is 12.1 Å². The summed E-state index contributed by atoms with van der Waals surface area (Å²) in [5.74, 6) is 0.827. The Morgan fingerprint density at radius 2 is 1.71 bits per heavy atom. The molecule has 2 fully saturated rings. The van der Waals surface area contributed by atoms with Gasteiger partial charge in [-0.05, 0) is 85.9 Å². The molecule has 1 aliphatic heterocycles. The van der Waals surface area contributed by atoms with E-state index >= 15 is 0 Å². The number of carbonyl (C=O) groups is 1. The van der Waals surface area contributed by atoms with Crippen LogP contribution in [0.5, 0.6) is 0 Å². The maximum Gasteiger partial charge on any atom is 0.416 e.